The lowest BCUT2D eigenvalue weighted by atomic mass is 10.0. The Kier molecular flexibility index (Phi) is 12.1. The normalized spacial score (nSPS) is 13.6. The Morgan fingerprint density at radius 3 is 1.97 bits per heavy atom. The summed E-state index contributed by atoms with van der Waals surface area (Å²) in [6, 6.07) is -0.803. The van der Waals surface area contributed by atoms with E-state index in [2.05, 4.69) is 10.6 Å². The molecular weight excluding hydrogens is 406 g/mol. The Morgan fingerprint density at radius 2 is 1.48 bits per heavy atom. The number of nitrogens with one attached hydrogen (secondary N) is 2. The van der Waals surface area contributed by atoms with Gasteiger partial charge < -0.3 is 30.9 Å². The lowest BCUT2D eigenvalue weighted by molar-refractivity contribution is -0.167. The van der Waals surface area contributed by atoms with E-state index in [9.17, 15) is 24.3 Å². The van der Waals surface area contributed by atoms with Gasteiger partial charge in [0, 0.05) is 6.54 Å². The second-order valence-electron chi connectivity index (χ2n) is 9.34. The van der Waals surface area contributed by atoms with Crippen LogP contribution in [0.15, 0.2) is 0 Å². The summed E-state index contributed by atoms with van der Waals surface area (Å²) in [7, 11) is 0. The topological polar surface area (TPSA) is 157 Å². The molecule has 5 N–H and O–H groups in total. The molecule has 0 aliphatic carbocycles. The Bertz CT molecular complexity index is 609. The summed E-state index contributed by atoms with van der Waals surface area (Å²) in [5.74, 6) is -3.80. The smallest absolute Gasteiger partial charge is 0.408 e. The van der Waals surface area contributed by atoms with Crippen molar-refractivity contribution in [3.63, 3.8) is 0 Å². The van der Waals surface area contributed by atoms with E-state index < -0.39 is 47.1 Å². The zero-order valence-electron chi connectivity index (χ0n) is 19.6. The van der Waals surface area contributed by atoms with Gasteiger partial charge in [0.05, 0.1) is 0 Å². The number of carboxylic acid groups (broad SMARTS) is 1. The van der Waals surface area contributed by atoms with Gasteiger partial charge in [0.1, 0.15) is 17.2 Å². The first-order valence-corrected chi connectivity index (χ1v) is 10.6. The van der Waals surface area contributed by atoms with Gasteiger partial charge in [-0.3, -0.25) is 14.4 Å². The van der Waals surface area contributed by atoms with Crippen LogP contribution in [-0.4, -0.2) is 59.4 Å². The van der Waals surface area contributed by atoms with E-state index in [-0.39, 0.29) is 19.4 Å². The molecule has 0 saturated heterocycles. The zero-order valence-corrected chi connectivity index (χ0v) is 19.6. The molecule has 0 radical (unpaired) electrons. The summed E-state index contributed by atoms with van der Waals surface area (Å²) in [4.78, 5) is 48.0. The van der Waals surface area contributed by atoms with Crippen LogP contribution in [0.3, 0.4) is 0 Å². The number of nitrogens with two attached hydrogens (primary N) is 1. The van der Waals surface area contributed by atoms with Crippen LogP contribution in [0, 0.1) is 5.92 Å². The van der Waals surface area contributed by atoms with Crippen molar-refractivity contribution in [1.82, 2.24) is 10.6 Å². The number of carboxylic acids is 1. The first-order chi connectivity index (χ1) is 14.2. The molecule has 0 aromatic rings. The van der Waals surface area contributed by atoms with Crippen molar-refractivity contribution >= 4 is 23.9 Å². The summed E-state index contributed by atoms with van der Waals surface area (Å²) in [6.07, 6.45) is 1.31. The molecule has 0 fully saturated rings. The average molecular weight is 446 g/mol. The molecule has 31 heavy (non-hydrogen) atoms. The molecule has 0 heterocycles. The monoisotopic (exact) mass is 445 g/mol. The fourth-order valence-electron chi connectivity index (χ4n) is 2.57. The third-order valence-electron chi connectivity index (χ3n) is 3.91. The molecule has 0 bridgehead atoms. The Labute approximate surface area is 184 Å². The van der Waals surface area contributed by atoms with Gasteiger partial charge in [0.25, 0.3) is 0 Å². The van der Waals surface area contributed by atoms with Crippen molar-refractivity contribution in [2.24, 2.45) is 11.7 Å². The van der Waals surface area contributed by atoms with Gasteiger partial charge in [-0.05, 0) is 80.2 Å². The number of esters is 1. The molecule has 0 spiro atoms. The largest absolute Gasteiger partial charge is 0.481 e. The lowest BCUT2D eigenvalue weighted by Crippen LogP contribution is -2.48. The van der Waals surface area contributed by atoms with Crippen LogP contribution in [0.4, 0.5) is 4.79 Å². The number of hydrogen-bond acceptors (Lipinski definition) is 7. The van der Waals surface area contributed by atoms with Crippen molar-refractivity contribution in [2.75, 3.05) is 13.1 Å². The number of amides is 2. The van der Waals surface area contributed by atoms with Crippen molar-refractivity contribution in [1.29, 1.82) is 0 Å². The zero-order chi connectivity index (χ0) is 24.2. The quantitative estimate of drug-likeness (QED) is 0.202. The van der Waals surface area contributed by atoms with Crippen molar-refractivity contribution in [2.45, 2.75) is 90.9 Å². The predicted molar refractivity (Wildman–Crippen MR) is 115 cm³/mol. The first-order valence-electron chi connectivity index (χ1n) is 10.6. The van der Waals surface area contributed by atoms with Crippen LogP contribution in [0.5, 0.6) is 0 Å². The molecule has 0 aromatic carbocycles. The number of rotatable bonds is 12. The SMILES string of the molecule is CC(C)(C)OC(=O)N[C@@H](CCCCN)C(=O)NCCCC(C(=O)O)C(=O)OC(C)(C)C. The van der Waals surface area contributed by atoms with Crippen LogP contribution in [0.1, 0.15) is 73.6 Å². The fraction of sp³-hybridized carbons (Fsp3) is 0.810. The average Bonchev–Trinajstić information content (AvgIpc) is 2.57. The second kappa shape index (κ2) is 13.1. The summed E-state index contributed by atoms with van der Waals surface area (Å²) < 4.78 is 10.3. The highest BCUT2D eigenvalue weighted by molar-refractivity contribution is 5.94. The molecule has 0 aliphatic rings. The number of aliphatic carboxylic acids is 1. The third-order valence-corrected chi connectivity index (χ3v) is 3.91. The highest BCUT2D eigenvalue weighted by Crippen LogP contribution is 2.15. The van der Waals surface area contributed by atoms with E-state index in [4.69, 9.17) is 15.2 Å². The summed E-state index contributed by atoms with van der Waals surface area (Å²) >= 11 is 0. The minimum absolute atomic E-state index is 0.0157. The molecule has 2 atom stereocenters. The predicted octanol–water partition coefficient (Wildman–Crippen LogP) is 1.95. The molecule has 10 nitrogen and oxygen atoms in total. The highest BCUT2D eigenvalue weighted by atomic mass is 16.6. The van der Waals surface area contributed by atoms with Gasteiger partial charge in [-0.15, -0.1) is 0 Å². The van der Waals surface area contributed by atoms with Gasteiger partial charge in [0.15, 0.2) is 5.92 Å². The minimum Gasteiger partial charge on any atom is -0.481 e. The number of carbonyl (C=O) groups excluding carboxylic acids is 3. The molecular formula is C21H39N3O7. The van der Waals surface area contributed by atoms with Crippen molar-refractivity contribution in [3.8, 4) is 0 Å². The molecule has 0 aromatic heterocycles. The first kappa shape index (κ1) is 28.6. The Hall–Kier alpha value is -2.36. The highest BCUT2D eigenvalue weighted by Gasteiger charge is 2.31. The molecule has 180 valence electrons. The minimum atomic E-state index is -1.31. The van der Waals surface area contributed by atoms with Crippen LogP contribution in [0.2, 0.25) is 0 Å². The lowest BCUT2D eigenvalue weighted by Gasteiger charge is -2.23. The second-order valence-corrected chi connectivity index (χ2v) is 9.34. The van der Waals surface area contributed by atoms with Gasteiger partial charge in [-0.25, -0.2) is 4.79 Å². The van der Waals surface area contributed by atoms with E-state index in [1.165, 1.54) is 0 Å². The van der Waals surface area contributed by atoms with E-state index in [0.717, 1.165) is 0 Å². The summed E-state index contributed by atoms with van der Waals surface area (Å²) in [6.45, 7) is 10.8. The molecule has 10 heteroatoms. The standard InChI is InChI=1S/C21H39N3O7/c1-20(2,3)30-18(28)14(17(26)27)10-9-13-23-16(25)15(11-7-8-12-22)24-19(29)31-21(4,5)6/h14-15H,7-13,22H2,1-6H3,(H,23,25)(H,24,29)(H,26,27)/t14?,15-/m0/s1. The molecule has 0 rings (SSSR count). The molecule has 2 amide bonds. The summed E-state index contributed by atoms with van der Waals surface area (Å²) in [5.41, 5.74) is 4.00. The van der Waals surface area contributed by atoms with E-state index in [1.807, 2.05) is 0 Å². The van der Waals surface area contributed by atoms with Crippen LogP contribution < -0.4 is 16.4 Å². The Balaban J connectivity index is 4.75. The van der Waals surface area contributed by atoms with Crippen LogP contribution in [0.25, 0.3) is 0 Å². The van der Waals surface area contributed by atoms with Gasteiger partial charge in [-0.1, -0.05) is 0 Å². The number of unbranched alkanes of at least 4 members (excludes halogenated alkanes) is 1. The number of hydrogen-bond donors (Lipinski definition) is 4. The maximum absolute atomic E-state index is 12.5. The van der Waals surface area contributed by atoms with Crippen molar-refractivity contribution in [3.05, 3.63) is 0 Å². The molecule has 0 saturated carbocycles. The van der Waals surface area contributed by atoms with Crippen LogP contribution >= 0.6 is 0 Å². The van der Waals surface area contributed by atoms with Gasteiger partial charge >= 0.3 is 18.0 Å². The van der Waals surface area contributed by atoms with Crippen LogP contribution in [-0.2, 0) is 23.9 Å². The fourth-order valence-corrected chi connectivity index (χ4v) is 2.57. The van der Waals surface area contributed by atoms with Crippen molar-refractivity contribution < 1.29 is 33.8 Å². The Morgan fingerprint density at radius 1 is 0.903 bits per heavy atom. The maximum atomic E-state index is 12.5. The molecule has 1 unspecified atom stereocenters. The van der Waals surface area contributed by atoms with E-state index in [1.54, 1.807) is 41.5 Å². The third kappa shape index (κ3) is 14.3. The number of alkyl carbamates (subject to hydrolysis) is 1. The molecule has 0 aliphatic heterocycles. The van der Waals surface area contributed by atoms with E-state index in [0.29, 0.717) is 25.8 Å². The van der Waals surface area contributed by atoms with E-state index >= 15 is 0 Å². The number of ether oxygens (including phenoxy) is 2. The number of carbonyl (C=O) groups is 4. The summed E-state index contributed by atoms with van der Waals surface area (Å²) in [5, 5.41) is 14.5. The van der Waals surface area contributed by atoms with Gasteiger partial charge in [-0.2, -0.15) is 0 Å². The maximum Gasteiger partial charge on any atom is 0.408 e. The van der Waals surface area contributed by atoms with Gasteiger partial charge in [0.2, 0.25) is 5.91 Å².